The quantitative estimate of drug-likeness (QED) is 0.0222. The first-order chi connectivity index (χ1) is 41.4. The number of unbranched alkanes of at least 4 members (excludes halogenated alkanes) is 36. The second-order valence-electron chi connectivity index (χ2n) is 25.2. The summed E-state index contributed by atoms with van der Waals surface area (Å²) in [6.07, 6.45) is 43.0. The molecule has 0 radical (unpaired) electrons. The molecular formula is C67H130O17P2. The van der Waals surface area contributed by atoms with E-state index in [4.69, 9.17) is 37.0 Å². The van der Waals surface area contributed by atoms with Crippen LogP contribution < -0.4 is 0 Å². The molecule has 0 spiro atoms. The van der Waals surface area contributed by atoms with Gasteiger partial charge in [-0.15, -0.1) is 0 Å². The van der Waals surface area contributed by atoms with E-state index in [-0.39, 0.29) is 25.7 Å². The molecule has 0 rings (SSSR count). The zero-order valence-corrected chi connectivity index (χ0v) is 57.4. The van der Waals surface area contributed by atoms with E-state index >= 15 is 0 Å². The average Bonchev–Trinajstić information content (AvgIpc) is 3.59. The van der Waals surface area contributed by atoms with Crippen LogP contribution in [0, 0.1) is 11.8 Å². The summed E-state index contributed by atoms with van der Waals surface area (Å²) in [5.74, 6) is -0.619. The SMILES string of the molecule is CCCCCCCCCCCCCCC(=O)O[C@H](COC(=O)CCCCCCCCCC)COP(=O)(O)OC[C@H](O)COP(=O)(O)OC[C@@H](COC(=O)CCCCCCCCCCCCC(C)C)OC(=O)CCCCCCCCCCCCC(C)C. The van der Waals surface area contributed by atoms with E-state index in [1.165, 1.54) is 148 Å². The van der Waals surface area contributed by atoms with E-state index in [0.717, 1.165) is 108 Å². The number of hydrogen-bond donors (Lipinski definition) is 3. The number of aliphatic hydroxyl groups is 1. The molecule has 3 N–H and O–H groups in total. The normalized spacial score (nSPS) is 14.2. The molecule has 5 atom stereocenters. The molecule has 17 nitrogen and oxygen atoms in total. The van der Waals surface area contributed by atoms with Gasteiger partial charge >= 0.3 is 39.5 Å². The summed E-state index contributed by atoms with van der Waals surface area (Å²) < 4.78 is 68.1. The standard InChI is InChI=1S/C67H130O17P2/c1-7-9-11-13-15-17-18-19-27-33-39-45-51-66(71)83-62(55-77-64(69)49-43-37-31-16-14-12-10-8-2)57-81-85(73,74)79-53-61(68)54-80-86(75,76)82-58-63(84-67(72)52-46-40-34-28-23-21-25-30-36-42-48-60(5)6)56-78-65(70)50-44-38-32-26-22-20-24-29-35-41-47-59(3)4/h59-63,68H,7-58H2,1-6H3,(H,73,74)(H,75,76)/t61-,62+,63+/m0/s1. The van der Waals surface area contributed by atoms with Gasteiger partial charge in [-0.1, -0.05) is 286 Å². The predicted molar refractivity (Wildman–Crippen MR) is 345 cm³/mol. The molecule has 0 bridgehead atoms. The van der Waals surface area contributed by atoms with Crippen molar-refractivity contribution < 1.29 is 80.2 Å². The van der Waals surface area contributed by atoms with Crippen LogP contribution >= 0.6 is 15.6 Å². The highest BCUT2D eigenvalue weighted by molar-refractivity contribution is 7.47. The summed E-state index contributed by atoms with van der Waals surface area (Å²) in [6.45, 7) is 9.48. The van der Waals surface area contributed by atoms with E-state index in [2.05, 4.69) is 41.5 Å². The predicted octanol–water partition coefficient (Wildman–Crippen LogP) is 18.8. The van der Waals surface area contributed by atoms with Crippen LogP contribution in [0.3, 0.4) is 0 Å². The molecule has 510 valence electrons. The number of rotatable bonds is 66. The van der Waals surface area contributed by atoms with Gasteiger partial charge in [0.25, 0.3) is 0 Å². The van der Waals surface area contributed by atoms with Gasteiger partial charge in [0.05, 0.1) is 26.4 Å². The maximum absolute atomic E-state index is 13.0. The number of phosphoric ester groups is 2. The third-order valence-corrected chi connectivity index (χ3v) is 17.4. The Balaban J connectivity index is 5.23. The zero-order valence-electron chi connectivity index (χ0n) is 55.6. The van der Waals surface area contributed by atoms with Crippen molar-refractivity contribution in [2.24, 2.45) is 11.8 Å². The Morgan fingerprint density at radius 3 is 0.791 bits per heavy atom. The summed E-state index contributed by atoms with van der Waals surface area (Å²) in [4.78, 5) is 72.3. The van der Waals surface area contributed by atoms with Gasteiger partial charge in [0.15, 0.2) is 12.2 Å². The minimum absolute atomic E-state index is 0.106. The van der Waals surface area contributed by atoms with Gasteiger partial charge in [-0.25, -0.2) is 9.13 Å². The lowest BCUT2D eigenvalue weighted by Gasteiger charge is -2.21. The number of aliphatic hydroxyl groups excluding tert-OH is 1. The topological polar surface area (TPSA) is 237 Å². The minimum atomic E-state index is -4.95. The number of carbonyl (C=O) groups is 4. The van der Waals surface area contributed by atoms with Gasteiger partial charge in [0.1, 0.15) is 19.3 Å². The number of hydrogen-bond acceptors (Lipinski definition) is 15. The Bertz CT molecular complexity index is 1680. The highest BCUT2D eigenvalue weighted by Gasteiger charge is 2.30. The maximum Gasteiger partial charge on any atom is 0.472 e. The fourth-order valence-corrected chi connectivity index (χ4v) is 11.6. The lowest BCUT2D eigenvalue weighted by Crippen LogP contribution is -2.30. The second kappa shape index (κ2) is 59.4. The third-order valence-electron chi connectivity index (χ3n) is 15.5. The van der Waals surface area contributed by atoms with Crippen LogP contribution in [0.5, 0.6) is 0 Å². The Kier molecular flexibility index (Phi) is 58.0. The van der Waals surface area contributed by atoms with E-state index in [1.54, 1.807) is 0 Å². The van der Waals surface area contributed by atoms with Crippen LogP contribution in [-0.2, 0) is 65.4 Å². The third kappa shape index (κ3) is 60.9. The molecule has 0 aliphatic rings. The van der Waals surface area contributed by atoms with Crippen LogP contribution in [0.15, 0.2) is 0 Å². The van der Waals surface area contributed by atoms with Crippen molar-refractivity contribution in [1.82, 2.24) is 0 Å². The van der Waals surface area contributed by atoms with Crippen molar-refractivity contribution in [3.63, 3.8) is 0 Å². The Morgan fingerprint density at radius 1 is 0.314 bits per heavy atom. The van der Waals surface area contributed by atoms with Gasteiger partial charge in [-0.3, -0.25) is 37.3 Å². The summed E-state index contributed by atoms with van der Waals surface area (Å²) in [5.41, 5.74) is 0. The van der Waals surface area contributed by atoms with Gasteiger partial charge in [-0.2, -0.15) is 0 Å². The van der Waals surface area contributed by atoms with E-state index in [1.807, 2.05) is 0 Å². The van der Waals surface area contributed by atoms with Crippen molar-refractivity contribution in [1.29, 1.82) is 0 Å². The van der Waals surface area contributed by atoms with Gasteiger partial charge < -0.3 is 33.8 Å². The zero-order chi connectivity index (χ0) is 63.6. The fourth-order valence-electron chi connectivity index (χ4n) is 10.1. The van der Waals surface area contributed by atoms with Crippen molar-refractivity contribution in [2.75, 3.05) is 39.6 Å². The summed E-state index contributed by atoms with van der Waals surface area (Å²) in [6, 6.07) is 0. The molecule has 0 heterocycles. The first-order valence-corrected chi connectivity index (χ1v) is 38.0. The van der Waals surface area contributed by atoms with Crippen molar-refractivity contribution in [2.45, 2.75) is 355 Å². The number of esters is 4. The summed E-state index contributed by atoms with van der Waals surface area (Å²) >= 11 is 0. The van der Waals surface area contributed by atoms with E-state index in [0.29, 0.717) is 25.7 Å². The smallest absolute Gasteiger partial charge is 0.462 e. The fraction of sp³-hybridized carbons (Fsp3) is 0.940. The van der Waals surface area contributed by atoms with Crippen LogP contribution in [-0.4, -0.2) is 96.7 Å². The molecule has 86 heavy (non-hydrogen) atoms. The number of phosphoric acid groups is 2. The second-order valence-corrected chi connectivity index (χ2v) is 28.1. The van der Waals surface area contributed by atoms with Crippen LogP contribution in [0.25, 0.3) is 0 Å². The van der Waals surface area contributed by atoms with Crippen molar-refractivity contribution >= 4 is 39.5 Å². The minimum Gasteiger partial charge on any atom is -0.462 e. The lowest BCUT2D eigenvalue weighted by molar-refractivity contribution is -0.161. The Morgan fingerprint density at radius 2 is 0.535 bits per heavy atom. The molecule has 0 saturated carbocycles. The Hall–Kier alpha value is -1.94. The molecule has 2 unspecified atom stereocenters. The molecule has 0 aromatic heterocycles. The summed E-state index contributed by atoms with van der Waals surface area (Å²) in [7, 11) is -9.89. The number of ether oxygens (including phenoxy) is 4. The molecule has 0 amide bonds. The molecule has 0 fully saturated rings. The monoisotopic (exact) mass is 1270 g/mol. The average molecular weight is 1270 g/mol. The highest BCUT2D eigenvalue weighted by Crippen LogP contribution is 2.45. The van der Waals surface area contributed by atoms with Crippen LogP contribution in [0.4, 0.5) is 0 Å². The first kappa shape index (κ1) is 84.1. The molecule has 19 heteroatoms. The molecule has 0 aliphatic carbocycles. The van der Waals surface area contributed by atoms with Crippen LogP contribution in [0.1, 0.15) is 337 Å². The molecule has 0 aromatic rings. The molecule has 0 aliphatic heterocycles. The molecule has 0 saturated heterocycles. The van der Waals surface area contributed by atoms with Crippen LogP contribution in [0.2, 0.25) is 0 Å². The van der Waals surface area contributed by atoms with Gasteiger partial charge in [0, 0.05) is 25.7 Å². The Labute approximate surface area is 524 Å². The van der Waals surface area contributed by atoms with Gasteiger partial charge in [-0.05, 0) is 37.5 Å². The van der Waals surface area contributed by atoms with Crippen molar-refractivity contribution in [3.8, 4) is 0 Å². The summed E-state index contributed by atoms with van der Waals surface area (Å²) in [5, 5.41) is 10.6. The number of carbonyl (C=O) groups excluding carboxylic acids is 4. The van der Waals surface area contributed by atoms with E-state index < -0.39 is 97.5 Å². The molecular weight excluding hydrogens is 1140 g/mol. The molecule has 0 aromatic carbocycles. The maximum atomic E-state index is 13.0. The lowest BCUT2D eigenvalue weighted by atomic mass is 10.0. The highest BCUT2D eigenvalue weighted by atomic mass is 31.2. The van der Waals surface area contributed by atoms with Crippen molar-refractivity contribution in [3.05, 3.63) is 0 Å². The first-order valence-electron chi connectivity index (χ1n) is 35.0. The van der Waals surface area contributed by atoms with Gasteiger partial charge in [0.2, 0.25) is 0 Å². The van der Waals surface area contributed by atoms with E-state index in [9.17, 15) is 43.2 Å². The largest absolute Gasteiger partial charge is 0.472 e.